The lowest BCUT2D eigenvalue weighted by Gasteiger charge is -2.26. The van der Waals surface area contributed by atoms with Gasteiger partial charge in [0.15, 0.2) is 0 Å². The van der Waals surface area contributed by atoms with Crippen molar-refractivity contribution < 1.29 is 24.2 Å². The zero-order valence-electron chi connectivity index (χ0n) is 17.6. The van der Waals surface area contributed by atoms with Crippen LogP contribution >= 0.6 is 0 Å². The van der Waals surface area contributed by atoms with Crippen molar-refractivity contribution in [1.29, 1.82) is 0 Å². The third kappa shape index (κ3) is 4.02. The first-order chi connectivity index (χ1) is 14.4. The van der Waals surface area contributed by atoms with E-state index in [0.717, 1.165) is 0 Å². The van der Waals surface area contributed by atoms with Gasteiger partial charge in [0.1, 0.15) is 17.3 Å². The van der Waals surface area contributed by atoms with E-state index in [9.17, 15) is 14.7 Å². The minimum atomic E-state index is -0.710. The van der Waals surface area contributed by atoms with Crippen molar-refractivity contribution in [2.45, 2.75) is 6.04 Å². The summed E-state index contributed by atoms with van der Waals surface area (Å²) in [5.41, 5.74) is 1.13. The summed E-state index contributed by atoms with van der Waals surface area (Å²) >= 11 is 0. The van der Waals surface area contributed by atoms with E-state index < -0.39 is 17.7 Å². The van der Waals surface area contributed by atoms with Gasteiger partial charge in [-0.1, -0.05) is 24.3 Å². The van der Waals surface area contributed by atoms with Gasteiger partial charge in [0.05, 0.1) is 31.4 Å². The average Bonchev–Trinajstić information content (AvgIpc) is 3.01. The Balaban J connectivity index is 2.16. The van der Waals surface area contributed by atoms with E-state index in [2.05, 4.69) is 0 Å². The van der Waals surface area contributed by atoms with Crippen LogP contribution in [0.4, 0.5) is 0 Å². The van der Waals surface area contributed by atoms with Gasteiger partial charge < -0.3 is 24.4 Å². The molecule has 30 heavy (non-hydrogen) atoms. The van der Waals surface area contributed by atoms with Crippen molar-refractivity contribution in [3.8, 4) is 11.5 Å². The Labute approximate surface area is 176 Å². The summed E-state index contributed by atoms with van der Waals surface area (Å²) in [6, 6.07) is 13.3. The SMILES string of the molecule is COc1ccc(C2/C(=C(\O)c3ccccc3OC)C(=O)C(=O)N2CCN(C)C)cc1. The lowest BCUT2D eigenvalue weighted by atomic mass is 9.95. The Morgan fingerprint density at radius 1 is 1.03 bits per heavy atom. The van der Waals surface area contributed by atoms with Crippen LogP contribution in [0.15, 0.2) is 54.1 Å². The normalized spacial score (nSPS) is 18.2. The molecule has 0 radical (unpaired) electrons. The van der Waals surface area contributed by atoms with Crippen molar-refractivity contribution in [1.82, 2.24) is 9.80 Å². The summed E-state index contributed by atoms with van der Waals surface area (Å²) in [6.07, 6.45) is 0. The number of benzene rings is 2. The van der Waals surface area contributed by atoms with E-state index in [1.807, 2.05) is 19.0 Å². The van der Waals surface area contributed by atoms with Crippen molar-refractivity contribution in [3.63, 3.8) is 0 Å². The van der Waals surface area contributed by atoms with Crippen LogP contribution < -0.4 is 9.47 Å². The van der Waals surface area contributed by atoms with Gasteiger partial charge in [-0.2, -0.15) is 0 Å². The van der Waals surface area contributed by atoms with Gasteiger partial charge in [-0.25, -0.2) is 0 Å². The molecule has 1 unspecified atom stereocenters. The van der Waals surface area contributed by atoms with Gasteiger partial charge in [0.2, 0.25) is 0 Å². The summed E-state index contributed by atoms with van der Waals surface area (Å²) in [5.74, 6) is -0.511. The van der Waals surface area contributed by atoms with Crippen LogP contribution in [0.1, 0.15) is 17.2 Å². The zero-order valence-corrected chi connectivity index (χ0v) is 17.6. The minimum absolute atomic E-state index is 0.0495. The number of rotatable bonds is 7. The molecule has 1 heterocycles. The smallest absolute Gasteiger partial charge is 0.295 e. The molecule has 1 amide bonds. The summed E-state index contributed by atoms with van der Waals surface area (Å²) in [4.78, 5) is 29.3. The molecule has 7 nitrogen and oxygen atoms in total. The molecule has 0 aliphatic carbocycles. The number of likely N-dealkylation sites (N-methyl/N-ethyl adjacent to an activating group) is 1. The molecule has 3 rings (SSSR count). The number of ketones is 1. The fourth-order valence-electron chi connectivity index (χ4n) is 3.54. The molecule has 1 aliphatic rings. The number of Topliss-reactive ketones (excluding diaryl/α,β-unsaturated/α-hetero) is 1. The van der Waals surface area contributed by atoms with Crippen LogP contribution in [0.2, 0.25) is 0 Å². The molecule has 1 aliphatic heterocycles. The molecular formula is C23H26N2O5. The van der Waals surface area contributed by atoms with E-state index in [-0.39, 0.29) is 11.3 Å². The number of methoxy groups -OCH3 is 2. The second-order valence-electron chi connectivity index (χ2n) is 7.27. The van der Waals surface area contributed by atoms with E-state index in [0.29, 0.717) is 35.7 Å². The molecule has 7 heteroatoms. The van der Waals surface area contributed by atoms with Gasteiger partial charge >= 0.3 is 0 Å². The Bertz CT molecular complexity index is 966. The number of nitrogens with zero attached hydrogens (tertiary/aromatic N) is 2. The summed E-state index contributed by atoms with van der Waals surface area (Å²) < 4.78 is 10.6. The molecule has 1 fully saturated rings. The average molecular weight is 410 g/mol. The highest BCUT2D eigenvalue weighted by molar-refractivity contribution is 6.46. The lowest BCUT2D eigenvalue weighted by Crippen LogP contribution is -2.35. The predicted octanol–water partition coefficient (Wildman–Crippen LogP) is 2.69. The second-order valence-corrected chi connectivity index (χ2v) is 7.27. The number of para-hydroxylation sites is 1. The molecule has 2 aromatic rings. The number of aliphatic hydroxyl groups excluding tert-OH is 1. The van der Waals surface area contributed by atoms with E-state index >= 15 is 0 Å². The van der Waals surface area contributed by atoms with Crippen LogP contribution in [0.5, 0.6) is 11.5 Å². The summed E-state index contributed by atoms with van der Waals surface area (Å²) in [5, 5.41) is 11.1. The molecular weight excluding hydrogens is 384 g/mol. The first-order valence-electron chi connectivity index (χ1n) is 9.59. The molecule has 0 saturated carbocycles. The molecule has 0 spiro atoms. The molecule has 1 atom stereocenters. The van der Waals surface area contributed by atoms with Gasteiger partial charge in [0.25, 0.3) is 11.7 Å². The van der Waals surface area contributed by atoms with Crippen molar-refractivity contribution in [2.75, 3.05) is 41.4 Å². The molecule has 1 saturated heterocycles. The molecule has 2 aromatic carbocycles. The number of amides is 1. The van der Waals surface area contributed by atoms with Crippen LogP contribution in [0.25, 0.3) is 5.76 Å². The molecule has 0 bridgehead atoms. The molecule has 1 N–H and O–H groups in total. The van der Waals surface area contributed by atoms with Crippen molar-refractivity contribution >= 4 is 17.4 Å². The molecule has 158 valence electrons. The van der Waals surface area contributed by atoms with Gasteiger partial charge in [-0.05, 0) is 43.9 Å². The maximum atomic E-state index is 13.0. The highest BCUT2D eigenvalue weighted by Gasteiger charge is 2.46. The first kappa shape index (κ1) is 21.4. The van der Waals surface area contributed by atoms with E-state index in [4.69, 9.17) is 9.47 Å². The maximum absolute atomic E-state index is 13.0. The lowest BCUT2D eigenvalue weighted by molar-refractivity contribution is -0.140. The third-order valence-electron chi connectivity index (χ3n) is 5.12. The fraction of sp³-hybridized carbons (Fsp3) is 0.304. The van der Waals surface area contributed by atoms with Crippen molar-refractivity contribution in [3.05, 3.63) is 65.2 Å². The Hall–Kier alpha value is -3.32. The Kier molecular flexibility index (Phi) is 6.42. The third-order valence-corrected chi connectivity index (χ3v) is 5.12. The highest BCUT2D eigenvalue weighted by Crippen LogP contribution is 2.41. The number of carbonyl (C=O) groups is 2. The van der Waals surface area contributed by atoms with Crippen LogP contribution in [-0.2, 0) is 9.59 Å². The number of hydrogen-bond donors (Lipinski definition) is 1. The quantitative estimate of drug-likeness (QED) is 0.430. The Morgan fingerprint density at radius 2 is 1.70 bits per heavy atom. The summed E-state index contributed by atoms with van der Waals surface area (Å²) in [6.45, 7) is 0.922. The van der Waals surface area contributed by atoms with Gasteiger partial charge in [-0.15, -0.1) is 0 Å². The minimum Gasteiger partial charge on any atom is -0.507 e. The number of aliphatic hydroxyl groups is 1. The van der Waals surface area contributed by atoms with Crippen LogP contribution in [0, 0.1) is 0 Å². The first-order valence-corrected chi connectivity index (χ1v) is 9.59. The second kappa shape index (κ2) is 9.00. The largest absolute Gasteiger partial charge is 0.507 e. The standard InChI is InChI=1S/C23H26N2O5/c1-24(2)13-14-25-20(15-9-11-16(29-3)12-10-15)19(22(27)23(25)28)21(26)17-7-5-6-8-18(17)30-4/h5-12,20,26H,13-14H2,1-4H3/b21-19+. The predicted molar refractivity (Wildman–Crippen MR) is 114 cm³/mol. The number of carbonyl (C=O) groups excluding carboxylic acids is 2. The van der Waals surface area contributed by atoms with Crippen LogP contribution in [0.3, 0.4) is 0 Å². The van der Waals surface area contributed by atoms with Crippen molar-refractivity contribution in [2.24, 2.45) is 0 Å². The maximum Gasteiger partial charge on any atom is 0.295 e. The number of ether oxygens (including phenoxy) is 2. The number of likely N-dealkylation sites (tertiary alicyclic amines) is 1. The highest BCUT2D eigenvalue weighted by atomic mass is 16.5. The monoisotopic (exact) mass is 410 g/mol. The summed E-state index contributed by atoms with van der Waals surface area (Å²) in [7, 11) is 6.85. The fourth-order valence-corrected chi connectivity index (χ4v) is 3.54. The van der Waals surface area contributed by atoms with Gasteiger partial charge in [0, 0.05) is 13.1 Å². The Morgan fingerprint density at radius 3 is 2.30 bits per heavy atom. The molecule has 0 aromatic heterocycles. The zero-order chi connectivity index (χ0) is 21.8. The van der Waals surface area contributed by atoms with Crippen LogP contribution in [-0.4, -0.2) is 68.0 Å². The van der Waals surface area contributed by atoms with Gasteiger partial charge in [-0.3, -0.25) is 9.59 Å². The van der Waals surface area contributed by atoms with E-state index in [1.54, 1.807) is 55.6 Å². The number of hydrogen-bond acceptors (Lipinski definition) is 6. The topological polar surface area (TPSA) is 79.3 Å². The van der Waals surface area contributed by atoms with E-state index in [1.165, 1.54) is 12.0 Å².